The Kier molecular flexibility index (Phi) is 6.21. The van der Waals surface area contributed by atoms with Crippen molar-refractivity contribution in [1.82, 2.24) is 5.32 Å². The molecule has 0 unspecified atom stereocenters. The van der Waals surface area contributed by atoms with Crippen molar-refractivity contribution in [2.24, 2.45) is 0 Å². The van der Waals surface area contributed by atoms with Gasteiger partial charge in [-0.3, -0.25) is 4.79 Å². The van der Waals surface area contributed by atoms with E-state index in [1.54, 1.807) is 0 Å². The van der Waals surface area contributed by atoms with Crippen LogP contribution in [0.2, 0.25) is 0 Å². The third kappa shape index (κ3) is 4.85. The largest absolute Gasteiger partial charge is 0.481 e. The monoisotopic (exact) mass is 311 g/mol. The van der Waals surface area contributed by atoms with Gasteiger partial charge in [0.1, 0.15) is 5.75 Å². The van der Waals surface area contributed by atoms with Crippen LogP contribution in [-0.4, -0.2) is 12.0 Å². The number of aryl methyl sites for hydroxylation is 1. The molecule has 3 nitrogen and oxygen atoms in total. The second-order valence-electron chi connectivity index (χ2n) is 5.71. The highest BCUT2D eigenvalue weighted by atomic mass is 16.5. The Labute approximate surface area is 138 Å². The van der Waals surface area contributed by atoms with Gasteiger partial charge >= 0.3 is 0 Å². The van der Waals surface area contributed by atoms with Crippen LogP contribution in [0, 0.1) is 6.92 Å². The summed E-state index contributed by atoms with van der Waals surface area (Å²) in [5, 5.41) is 3.10. The number of amides is 1. The van der Waals surface area contributed by atoms with Crippen molar-refractivity contribution < 1.29 is 9.53 Å². The van der Waals surface area contributed by atoms with E-state index in [0.717, 1.165) is 23.3 Å². The molecule has 0 aliphatic carbocycles. The first-order valence-electron chi connectivity index (χ1n) is 8.22. The van der Waals surface area contributed by atoms with E-state index in [4.69, 9.17) is 4.74 Å². The normalized spacial score (nSPS) is 13.2. The average molecular weight is 311 g/mol. The molecule has 23 heavy (non-hydrogen) atoms. The highest BCUT2D eigenvalue weighted by Crippen LogP contribution is 2.19. The molecule has 122 valence electrons. The van der Waals surface area contributed by atoms with E-state index in [-0.39, 0.29) is 11.9 Å². The highest BCUT2D eigenvalue weighted by molar-refractivity contribution is 5.81. The van der Waals surface area contributed by atoms with Gasteiger partial charge in [0.05, 0.1) is 6.04 Å². The third-order valence-electron chi connectivity index (χ3n) is 3.86. The smallest absolute Gasteiger partial charge is 0.261 e. The standard InChI is InChI=1S/C20H25NO2/c1-4-18(16-11-7-6-8-12-16)21-20(22)19(5-2)23-17-13-9-10-15(3)14-17/h6-14,18-19H,4-5H2,1-3H3,(H,21,22)/t18-,19+/m0/s1. The van der Waals surface area contributed by atoms with Crippen LogP contribution < -0.4 is 10.1 Å². The summed E-state index contributed by atoms with van der Waals surface area (Å²) in [5.74, 6) is 0.671. The van der Waals surface area contributed by atoms with Crippen molar-refractivity contribution in [3.8, 4) is 5.75 Å². The molecule has 0 heterocycles. The lowest BCUT2D eigenvalue weighted by Gasteiger charge is -2.22. The van der Waals surface area contributed by atoms with E-state index in [0.29, 0.717) is 6.42 Å². The van der Waals surface area contributed by atoms with Crippen LogP contribution >= 0.6 is 0 Å². The van der Waals surface area contributed by atoms with E-state index >= 15 is 0 Å². The zero-order chi connectivity index (χ0) is 16.7. The van der Waals surface area contributed by atoms with Crippen molar-refractivity contribution in [2.75, 3.05) is 0 Å². The first-order chi connectivity index (χ1) is 11.1. The number of ether oxygens (including phenoxy) is 1. The summed E-state index contributed by atoms with van der Waals surface area (Å²) in [6.07, 6.45) is 0.997. The molecule has 1 N–H and O–H groups in total. The van der Waals surface area contributed by atoms with E-state index in [1.165, 1.54) is 0 Å². The summed E-state index contributed by atoms with van der Waals surface area (Å²) in [6.45, 7) is 6.04. The third-order valence-corrected chi connectivity index (χ3v) is 3.86. The van der Waals surface area contributed by atoms with Crippen LogP contribution in [0.3, 0.4) is 0 Å². The van der Waals surface area contributed by atoms with Gasteiger partial charge in [-0.1, -0.05) is 56.3 Å². The lowest BCUT2D eigenvalue weighted by molar-refractivity contribution is -0.128. The summed E-state index contributed by atoms with van der Waals surface area (Å²) in [7, 11) is 0. The fraction of sp³-hybridized carbons (Fsp3) is 0.350. The van der Waals surface area contributed by atoms with Gasteiger partial charge in [-0.05, 0) is 43.0 Å². The Balaban J connectivity index is 2.04. The van der Waals surface area contributed by atoms with Gasteiger partial charge in [0, 0.05) is 0 Å². The fourth-order valence-corrected chi connectivity index (χ4v) is 2.55. The average Bonchev–Trinajstić information content (AvgIpc) is 2.58. The Hall–Kier alpha value is -2.29. The van der Waals surface area contributed by atoms with E-state index < -0.39 is 6.10 Å². The number of hydrogen-bond donors (Lipinski definition) is 1. The summed E-state index contributed by atoms with van der Waals surface area (Å²) in [5.41, 5.74) is 2.24. The summed E-state index contributed by atoms with van der Waals surface area (Å²) in [4.78, 5) is 12.6. The maximum atomic E-state index is 12.6. The van der Waals surface area contributed by atoms with Crippen LogP contribution in [0.15, 0.2) is 54.6 Å². The molecule has 1 amide bonds. The molecule has 2 atom stereocenters. The Morgan fingerprint density at radius 3 is 2.39 bits per heavy atom. The predicted octanol–water partition coefficient (Wildman–Crippen LogP) is 4.42. The van der Waals surface area contributed by atoms with E-state index in [2.05, 4.69) is 12.2 Å². The van der Waals surface area contributed by atoms with E-state index in [9.17, 15) is 4.79 Å². The number of benzene rings is 2. The van der Waals surface area contributed by atoms with Gasteiger partial charge in [-0.2, -0.15) is 0 Å². The van der Waals surface area contributed by atoms with Gasteiger partial charge < -0.3 is 10.1 Å². The second kappa shape index (κ2) is 8.37. The van der Waals surface area contributed by atoms with Crippen LogP contribution in [0.4, 0.5) is 0 Å². The lowest BCUT2D eigenvalue weighted by Crippen LogP contribution is -2.39. The van der Waals surface area contributed by atoms with E-state index in [1.807, 2.05) is 68.4 Å². The SMILES string of the molecule is CC[C@H](NC(=O)[C@@H](CC)Oc1cccc(C)c1)c1ccccc1. The quantitative estimate of drug-likeness (QED) is 0.822. The molecule has 0 aliphatic rings. The molecule has 0 aliphatic heterocycles. The van der Waals surface area contributed by atoms with Crippen LogP contribution in [0.1, 0.15) is 43.9 Å². The lowest BCUT2D eigenvalue weighted by atomic mass is 10.0. The molecule has 2 aromatic rings. The predicted molar refractivity (Wildman–Crippen MR) is 93.5 cm³/mol. The summed E-state index contributed by atoms with van der Waals surface area (Å²) in [6, 6.07) is 17.8. The summed E-state index contributed by atoms with van der Waals surface area (Å²) >= 11 is 0. The minimum atomic E-state index is -0.477. The molecule has 0 saturated carbocycles. The molecule has 0 fully saturated rings. The fourth-order valence-electron chi connectivity index (χ4n) is 2.55. The number of nitrogens with one attached hydrogen (secondary N) is 1. The number of rotatable bonds is 7. The van der Waals surface area contributed by atoms with Crippen molar-refractivity contribution in [3.63, 3.8) is 0 Å². The molecule has 0 spiro atoms. The molecule has 0 aromatic heterocycles. The van der Waals surface area contributed by atoms with Gasteiger partial charge in [-0.25, -0.2) is 0 Å². The van der Waals surface area contributed by atoms with Crippen molar-refractivity contribution >= 4 is 5.91 Å². The first-order valence-corrected chi connectivity index (χ1v) is 8.22. The maximum absolute atomic E-state index is 12.6. The Bertz CT molecular complexity index is 625. The molecule has 0 saturated heterocycles. The zero-order valence-electron chi connectivity index (χ0n) is 14.1. The first kappa shape index (κ1) is 17.1. The van der Waals surface area contributed by atoms with Crippen molar-refractivity contribution in [1.29, 1.82) is 0 Å². The van der Waals surface area contributed by atoms with Crippen LogP contribution in [0.5, 0.6) is 5.75 Å². The molecule has 2 rings (SSSR count). The molecule has 2 aromatic carbocycles. The summed E-state index contributed by atoms with van der Waals surface area (Å²) < 4.78 is 5.88. The Morgan fingerprint density at radius 2 is 1.78 bits per heavy atom. The van der Waals surface area contributed by atoms with Gasteiger partial charge in [0.15, 0.2) is 6.10 Å². The van der Waals surface area contributed by atoms with Gasteiger partial charge in [-0.15, -0.1) is 0 Å². The minimum absolute atomic E-state index is 0.0128. The van der Waals surface area contributed by atoms with Crippen molar-refractivity contribution in [3.05, 3.63) is 65.7 Å². The second-order valence-corrected chi connectivity index (χ2v) is 5.71. The number of hydrogen-bond acceptors (Lipinski definition) is 2. The minimum Gasteiger partial charge on any atom is -0.481 e. The zero-order valence-corrected chi connectivity index (χ0v) is 14.1. The molecular formula is C20H25NO2. The highest BCUT2D eigenvalue weighted by Gasteiger charge is 2.21. The van der Waals surface area contributed by atoms with Crippen LogP contribution in [0.25, 0.3) is 0 Å². The van der Waals surface area contributed by atoms with Gasteiger partial charge in [0.25, 0.3) is 5.91 Å². The Morgan fingerprint density at radius 1 is 1.04 bits per heavy atom. The van der Waals surface area contributed by atoms with Crippen molar-refractivity contribution in [2.45, 2.75) is 45.8 Å². The van der Waals surface area contributed by atoms with Crippen LogP contribution in [-0.2, 0) is 4.79 Å². The molecular weight excluding hydrogens is 286 g/mol. The number of carbonyl (C=O) groups is 1. The maximum Gasteiger partial charge on any atom is 0.261 e. The molecule has 3 heteroatoms. The van der Waals surface area contributed by atoms with Gasteiger partial charge in [0.2, 0.25) is 0 Å². The molecule has 0 bridgehead atoms. The topological polar surface area (TPSA) is 38.3 Å². The number of carbonyl (C=O) groups excluding carboxylic acids is 1. The molecule has 0 radical (unpaired) electrons.